The van der Waals surface area contributed by atoms with Gasteiger partial charge in [-0.1, -0.05) is 67.7 Å². The first-order valence-corrected chi connectivity index (χ1v) is 17.0. The summed E-state index contributed by atoms with van der Waals surface area (Å²) in [6.45, 7) is 0.285. The summed E-state index contributed by atoms with van der Waals surface area (Å²) in [7, 11) is -3.89. The number of hydrazone groups is 1. The van der Waals surface area contributed by atoms with Gasteiger partial charge in [0, 0.05) is 26.4 Å². The molecule has 1 aliphatic carbocycles. The largest absolute Gasteiger partial charge is 0.271 e. The van der Waals surface area contributed by atoms with Gasteiger partial charge < -0.3 is 0 Å². The lowest BCUT2D eigenvalue weighted by Gasteiger charge is -2.32. The summed E-state index contributed by atoms with van der Waals surface area (Å²) in [6.07, 6.45) is 5.99. The third-order valence-corrected chi connectivity index (χ3v) is 11.3. The minimum Gasteiger partial charge on any atom is -0.271 e. The zero-order chi connectivity index (χ0) is 28.7. The number of hydrogen-bond donors (Lipinski definition) is 0. The van der Waals surface area contributed by atoms with Crippen LogP contribution in [-0.4, -0.2) is 41.9 Å². The smallest absolute Gasteiger partial charge is 0.261 e. The molecule has 10 heteroatoms. The molecular weight excluding hydrogens is 690 g/mol. The highest BCUT2D eigenvalue weighted by molar-refractivity contribution is 9.10. The van der Waals surface area contributed by atoms with Gasteiger partial charge in [0.15, 0.2) is 0 Å². The monoisotopic (exact) mass is 715 g/mol. The Morgan fingerprint density at radius 2 is 1.56 bits per heavy atom. The van der Waals surface area contributed by atoms with Gasteiger partial charge in [-0.3, -0.25) is 4.79 Å². The molecule has 0 radical (unpaired) electrons. The van der Waals surface area contributed by atoms with Gasteiger partial charge in [-0.05, 0) is 103 Å². The van der Waals surface area contributed by atoms with E-state index in [0.717, 1.165) is 50.6 Å². The van der Waals surface area contributed by atoms with E-state index in [9.17, 15) is 13.2 Å². The first-order valence-electron chi connectivity index (χ1n) is 13.6. The van der Waals surface area contributed by atoms with E-state index in [0.29, 0.717) is 17.9 Å². The number of sulfonamides is 1. The molecule has 212 valence electrons. The quantitative estimate of drug-likeness (QED) is 0.270. The fourth-order valence-electron chi connectivity index (χ4n) is 6.11. The van der Waals surface area contributed by atoms with E-state index in [1.807, 2.05) is 36.4 Å². The minimum atomic E-state index is -3.89. The number of nitrogens with zero attached hydrogens (tertiary/aromatic N) is 3. The molecule has 2 aliphatic heterocycles. The third-order valence-electron chi connectivity index (χ3n) is 8.06. The summed E-state index contributed by atoms with van der Waals surface area (Å²) >= 11 is 13.0. The van der Waals surface area contributed by atoms with Gasteiger partial charge in [-0.25, -0.2) is 13.4 Å². The average molecular weight is 718 g/mol. The van der Waals surface area contributed by atoms with E-state index < -0.39 is 16.1 Å². The molecule has 3 unspecified atom stereocenters. The van der Waals surface area contributed by atoms with Gasteiger partial charge in [0.25, 0.3) is 5.91 Å². The number of allylic oxidation sites excluding steroid dienone is 1. The fraction of sp³-hybridized carbons (Fsp3) is 0.290. The van der Waals surface area contributed by atoms with Crippen LogP contribution in [0.1, 0.15) is 49.3 Å². The number of amides is 1. The lowest BCUT2D eigenvalue weighted by molar-refractivity contribution is -0.137. The lowest BCUT2D eigenvalue weighted by atomic mass is 9.77. The summed E-state index contributed by atoms with van der Waals surface area (Å²) in [5, 5.41) is 7.05. The molecule has 3 aromatic rings. The van der Waals surface area contributed by atoms with Crippen molar-refractivity contribution < 1.29 is 13.2 Å². The van der Waals surface area contributed by atoms with Gasteiger partial charge in [-0.2, -0.15) is 9.41 Å². The SMILES string of the molecule is O=C(C1CCCN1S(=O)(=O)c1ccc(Cl)cc1)N1N=C2/C(=C\c3ccc(Br)cc3)CCCC2C1c1ccc(Br)cc1. The number of fused-ring (bicyclic) bond motifs is 1. The predicted molar refractivity (Wildman–Crippen MR) is 169 cm³/mol. The first kappa shape index (κ1) is 28.8. The molecule has 41 heavy (non-hydrogen) atoms. The Kier molecular flexibility index (Phi) is 8.26. The van der Waals surface area contributed by atoms with E-state index in [1.54, 1.807) is 17.1 Å². The van der Waals surface area contributed by atoms with Crippen molar-refractivity contribution in [2.75, 3.05) is 6.54 Å². The molecule has 3 atom stereocenters. The molecule has 0 N–H and O–H groups in total. The third kappa shape index (κ3) is 5.71. The van der Waals surface area contributed by atoms with E-state index >= 15 is 0 Å². The summed E-state index contributed by atoms with van der Waals surface area (Å²) in [4.78, 5) is 14.5. The van der Waals surface area contributed by atoms with Crippen molar-refractivity contribution in [3.63, 3.8) is 0 Å². The molecule has 0 spiro atoms. The lowest BCUT2D eigenvalue weighted by Crippen LogP contribution is -2.46. The standard InChI is InChI=1S/C31H28Br2ClN3O3S/c32-23-10-6-20(7-11-23)19-22-3-1-4-27-29(22)35-37(30(27)21-8-12-24(33)13-9-21)31(38)28-5-2-18-36(28)41(39,40)26-16-14-25(34)15-17-26/h6-17,19,27-28,30H,1-5,18H2/b22-19-. The summed E-state index contributed by atoms with van der Waals surface area (Å²) < 4.78 is 30.6. The van der Waals surface area contributed by atoms with E-state index in [-0.39, 0.29) is 29.3 Å². The Labute approximate surface area is 262 Å². The fourth-order valence-corrected chi connectivity index (χ4v) is 8.41. The number of hydrogen-bond acceptors (Lipinski definition) is 4. The second kappa shape index (κ2) is 11.8. The van der Waals surface area contributed by atoms with Crippen molar-refractivity contribution in [1.29, 1.82) is 0 Å². The molecule has 6 rings (SSSR count). The molecule has 0 aromatic heterocycles. The van der Waals surface area contributed by atoms with Gasteiger partial charge in [0.05, 0.1) is 16.6 Å². The highest BCUT2D eigenvalue weighted by Crippen LogP contribution is 2.45. The number of rotatable bonds is 5. The molecule has 3 aromatic carbocycles. The van der Waals surface area contributed by atoms with Crippen molar-refractivity contribution in [2.24, 2.45) is 11.0 Å². The number of halogens is 3. The highest BCUT2D eigenvalue weighted by atomic mass is 79.9. The number of benzene rings is 3. The molecule has 6 nitrogen and oxygen atoms in total. The van der Waals surface area contributed by atoms with Crippen molar-refractivity contribution in [1.82, 2.24) is 9.31 Å². The van der Waals surface area contributed by atoms with Crippen molar-refractivity contribution in [2.45, 2.75) is 49.1 Å². The maximum absolute atomic E-state index is 14.3. The van der Waals surface area contributed by atoms with Crippen LogP contribution in [0.3, 0.4) is 0 Å². The second-order valence-electron chi connectivity index (χ2n) is 10.6. The molecule has 2 heterocycles. The maximum atomic E-state index is 14.3. The maximum Gasteiger partial charge on any atom is 0.261 e. The van der Waals surface area contributed by atoms with E-state index in [4.69, 9.17) is 16.7 Å². The molecule has 2 fully saturated rings. The summed E-state index contributed by atoms with van der Waals surface area (Å²) in [5.74, 6) is -0.254. The Bertz CT molecular complexity index is 1620. The van der Waals surface area contributed by atoms with Gasteiger partial charge in [0.2, 0.25) is 10.0 Å². The molecule has 1 saturated carbocycles. The first-order chi connectivity index (χ1) is 19.7. The van der Waals surface area contributed by atoms with Crippen LogP contribution in [-0.2, 0) is 14.8 Å². The minimum absolute atomic E-state index is 0.0262. The summed E-state index contributed by atoms with van der Waals surface area (Å²) in [6, 6.07) is 21.1. The van der Waals surface area contributed by atoms with E-state index in [1.165, 1.54) is 16.4 Å². The normalized spacial score (nSPS) is 24.0. The molecular formula is C31H28Br2ClN3O3S. The van der Waals surface area contributed by atoms with Crippen molar-refractivity contribution >= 4 is 71.2 Å². The van der Waals surface area contributed by atoms with Crippen LogP contribution in [0.4, 0.5) is 0 Å². The van der Waals surface area contributed by atoms with Crippen LogP contribution >= 0.6 is 43.5 Å². The van der Waals surface area contributed by atoms with Crippen LogP contribution in [0.2, 0.25) is 5.02 Å². The Morgan fingerprint density at radius 3 is 2.24 bits per heavy atom. The number of carbonyl (C=O) groups is 1. The van der Waals surface area contributed by atoms with Crippen LogP contribution < -0.4 is 0 Å². The van der Waals surface area contributed by atoms with E-state index in [2.05, 4.69) is 50.1 Å². The molecule has 3 aliphatic rings. The Balaban J connectivity index is 1.38. The van der Waals surface area contributed by atoms with Gasteiger partial charge in [0.1, 0.15) is 6.04 Å². The zero-order valence-corrected chi connectivity index (χ0v) is 26.8. The van der Waals surface area contributed by atoms with Crippen molar-refractivity contribution in [3.8, 4) is 0 Å². The second-order valence-corrected chi connectivity index (χ2v) is 14.8. The van der Waals surface area contributed by atoms with Crippen LogP contribution in [0.5, 0.6) is 0 Å². The molecule has 1 saturated heterocycles. The average Bonchev–Trinajstić information content (AvgIpc) is 3.62. The van der Waals surface area contributed by atoms with Gasteiger partial charge >= 0.3 is 0 Å². The van der Waals surface area contributed by atoms with Crippen LogP contribution in [0.15, 0.2) is 97.3 Å². The van der Waals surface area contributed by atoms with Crippen LogP contribution in [0, 0.1) is 5.92 Å². The Hall–Kier alpha value is -2.30. The topological polar surface area (TPSA) is 70.1 Å². The van der Waals surface area contributed by atoms with Gasteiger partial charge in [-0.15, -0.1) is 0 Å². The molecule has 1 amide bonds. The zero-order valence-electron chi connectivity index (χ0n) is 22.1. The van der Waals surface area contributed by atoms with Crippen molar-refractivity contribution in [3.05, 3.63) is 103 Å². The summed E-state index contributed by atoms with van der Waals surface area (Å²) in [5.41, 5.74) is 4.11. The highest BCUT2D eigenvalue weighted by Gasteiger charge is 2.48. The molecule has 0 bridgehead atoms. The van der Waals surface area contributed by atoms with Crippen LogP contribution in [0.25, 0.3) is 6.08 Å². The number of carbonyl (C=O) groups excluding carboxylic acids is 1. The Morgan fingerprint density at radius 1 is 0.902 bits per heavy atom. The predicted octanol–water partition coefficient (Wildman–Crippen LogP) is 7.84.